The molecule has 0 atom stereocenters. The molecule has 0 saturated carbocycles. The molecule has 2 heterocycles. The Bertz CT molecular complexity index is 1320. The number of alkyl halides is 1. The second kappa shape index (κ2) is 9.79. The number of halogens is 2. The summed E-state index contributed by atoms with van der Waals surface area (Å²) in [6, 6.07) is 13.0. The Hall–Kier alpha value is -3.78. The summed E-state index contributed by atoms with van der Waals surface area (Å²) in [5, 5.41) is 4.63. The molecule has 170 valence electrons. The average Bonchev–Trinajstić information content (AvgIpc) is 3.23. The van der Waals surface area contributed by atoms with Crippen molar-refractivity contribution < 1.29 is 18.6 Å². The van der Waals surface area contributed by atoms with Crippen molar-refractivity contribution in [3.8, 4) is 39.8 Å². The van der Waals surface area contributed by atoms with Crippen molar-refractivity contribution in [1.82, 2.24) is 14.3 Å². The summed E-state index contributed by atoms with van der Waals surface area (Å²) in [6.45, 7) is 1.44. The summed E-state index contributed by atoms with van der Waals surface area (Å²) in [6.07, 6.45) is 5.18. The van der Waals surface area contributed by atoms with Crippen molar-refractivity contribution in [2.75, 3.05) is 13.5 Å². The fraction of sp³-hybridized carbons (Fsp3) is 0.167. The van der Waals surface area contributed by atoms with E-state index in [0.29, 0.717) is 45.9 Å². The van der Waals surface area contributed by atoms with Gasteiger partial charge in [-0.15, -0.1) is 0 Å². The maximum absolute atomic E-state index is 13.0. The number of pyridine rings is 1. The maximum Gasteiger partial charge on any atom is 0.258 e. The molecular weight excluding hydrogens is 449 g/mol. The molecule has 4 aromatic rings. The second-order valence-corrected chi connectivity index (χ2v) is 7.44. The third-order valence-corrected chi connectivity index (χ3v) is 5.09. The molecule has 2 aromatic carbocycles. The van der Waals surface area contributed by atoms with Gasteiger partial charge in [-0.05, 0) is 43.3 Å². The Morgan fingerprint density at radius 2 is 1.76 bits per heavy atom. The van der Waals surface area contributed by atoms with Crippen LogP contribution >= 0.6 is 11.6 Å². The molecule has 0 radical (unpaired) electrons. The molecule has 4 rings (SSSR count). The van der Waals surface area contributed by atoms with Crippen molar-refractivity contribution in [3.63, 3.8) is 0 Å². The number of hydrogen-bond acceptors (Lipinski definition) is 5. The van der Waals surface area contributed by atoms with Gasteiger partial charge in [-0.2, -0.15) is 5.10 Å². The summed E-state index contributed by atoms with van der Waals surface area (Å²) in [5.41, 5.74) is 1.69. The van der Waals surface area contributed by atoms with Gasteiger partial charge >= 0.3 is 0 Å². The first-order valence-corrected chi connectivity index (χ1v) is 10.5. The number of hydrogen-bond donors (Lipinski definition) is 0. The van der Waals surface area contributed by atoms with Gasteiger partial charge in [0.25, 0.3) is 5.56 Å². The topological polar surface area (TPSA) is 67.5 Å². The molecule has 0 aliphatic heterocycles. The lowest BCUT2D eigenvalue weighted by atomic mass is 10.1. The first kappa shape index (κ1) is 22.4. The van der Waals surface area contributed by atoms with Gasteiger partial charge in [-0.25, -0.2) is 4.39 Å². The number of nitrogens with zero attached hydrogens (tertiary/aromatic N) is 3. The zero-order valence-electron chi connectivity index (χ0n) is 18.0. The van der Waals surface area contributed by atoms with E-state index >= 15 is 0 Å². The predicted octanol–water partition coefficient (Wildman–Crippen LogP) is 5.39. The van der Waals surface area contributed by atoms with Crippen LogP contribution in [0.15, 0.2) is 71.9 Å². The van der Waals surface area contributed by atoms with Crippen molar-refractivity contribution in [2.24, 2.45) is 7.05 Å². The van der Waals surface area contributed by atoms with Crippen molar-refractivity contribution >= 4 is 11.6 Å². The number of rotatable bonds is 8. The standard InChI is InChI=1S/C24H21ClFN3O4/c1-3-31-22-9-8-19(10-21(22)25)33-23-11-24(30)29(14-20(23)16-12-27-28(2)13-16)17-4-6-18(7-5-17)32-15-26/h4-14H,3,15H2,1-2H3. The van der Waals surface area contributed by atoms with Crippen LogP contribution in [0.2, 0.25) is 5.02 Å². The highest BCUT2D eigenvalue weighted by Crippen LogP contribution is 2.35. The zero-order chi connectivity index (χ0) is 23.4. The average molecular weight is 470 g/mol. The Kier molecular flexibility index (Phi) is 6.65. The monoisotopic (exact) mass is 469 g/mol. The van der Waals surface area contributed by atoms with E-state index in [0.717, 1.165) is 5.56 Å². The molecule has 0 saturated heterocycles. The molecular formula is C24H21ClFN3O4. The zero-order valence-corrected chi connectivity index (χ0v) is 18.8. The van der Waals surface area contributed by atoms with Crippen LogP contribution in [-0.2, 0) is 7.05 Å². The van der Waals surface area contributed by atoms with Crippen LogP contribution in [0, 0.1) is 0 Å². The SMILES string of the molecule is CCOc1ccc(Oc2cc(=O)n(-c3ccc(OCF)cc3)cc2-c2cnn(C)c2)cc1Cl. The van der Waals surface area contributed by atoms with Gasteiger partial charge in [0.1, 0.15) is 23.0 Å². The van der Waals surface area contributed by atoms with E-state index in [9.17, 15) is 9.18 Å². The molecule has 0 amide bonds. The maximum atomic E-state index is 13.0. The molecule has 0 fully saturated rings. The molecule has 0 aliphatic rings. The molecule has 9 heteroatoms. The van der Waals surface area contributed by atoms with Gasteiger partial charge in [0.2, 0.25) is 6.86 Å². The van der Waals surface area contributed by atoms with Crippen LogP contribution in [0.3, 0.4) is 0 Å². The summed E-state index contributed by atoms with van der Waals surface area (Å²) in [4.78, 5) is 13.0. The van der Waals surface area contributed by atoms with Crippen LogP contribution in [0.1, 0.15) is 6.92 Å². The fourth-order valence-electron chi connectivity index (χ4n) is 3.29. The highest BCUT2D eigenvalue weighted by Gasteiger charge is 2.15. The van der Waals surface area contributed by atoms with Gasteiger partial charge in [-0.1, -0.05) is 11.6 Å². The van der Waals surface area contributed by atoms with Crippen LogP contribution in [0.4, 0.5) is 4.39 Å². The quantitative estimate of drug-likeness (QED) is 0.346. The fourth-order valence-corrected chi connectivity index (χ4v) is 3.51. The predicted molar refractivity (Wildman–Crippen MR) is 124 cm³/mol. The van der Waals surface area contributed by atoms with Crippen LogP contribution in [0.25, 0.3) is 16.8 Å². The van der Waals surface area contributed by atoms with Gasteiger partial charge in [0, 0.05) is 48.4 Å². The smallest absolute Gasteiger partial charge is 0.258 e. The number of ether oxygens (including phenoxy) is 3. The van der Waals surface area contributed by atoms with E-state index < -0.39 is 6.86 Å². The van der Waals surface area contributed by atoms with Crippen molar-refractivity contribution in [3.05, 3.63) is 82.5 Å². The van der Waals surface area contributed by atoms with Crippen molar-refractivity contribution in [2.45, 2.75) is 6.92 Å². The second-order valence-electron chi connectivity index (χ2n) is 7.04. The minimum atomic E-state index is -0.925. The third-order valence-electron chi connectivity index (χ3n) is 4.80. The van der Waals surface area contributed by atoms with Gasteiger partial charge in [0.15, 0.2) is 0 Å². The van der Waals surface area contributed by atoms with Crippen LogP contribution < -0.4 is 19.8 Å². The molecule has 0 N–H and O–H groups in total. The molecule has 0 aliphatic carbocycles. The highest BCUT2D eigenvalue weighted by molar-refractivity contribution is 6.32. The summed E-state index contributed by atoms with van der Waals surface area (Å²) in [7, 11) is 1.80. The lowest BCUT2D eigenvalue weighted by molar-refractivity contribution is 0.192. The van der Waals surface area contributed by atoms with E-state index in [1.165, 1.54) is 10.6 Å². The van der Waals surface area contributed by atoms with Crippen LogP contribution in [-0.4, -0.2) is 27.8 Å². The number of benzene rings is 2. The third kappa shape index (κ3) is 5.01. The Labute approximate surface area is 194 Å². The Morgan fingerprint density at radius 3 is 2.39 bits per heavy atom. The van der Waals surface area contributed by atoms with E-state index in [-0.39, 0.29) is 5.56 Å². The largest absolute Gasteiger partial charge is 0.492 e. The van der Waals surface area contributed by atoms with Gasteiger partial charge < -0.3 is 14.2 Å². The molecule has 7 nitrogen and oxygen atoms in total. The lowest BCUT2D eigenvalue weighted by Gasteiger charge is -2.15. The minimum absolute atomic E-state index is 0.311. The first-order chi connectivity index (χ1) is 16.0. The first-order valence-electron chi connectivity index (χ1n) is 10.1. The normalized spacial score (nSPS) is 10.8. The van der Waals surface area contributed by atoms with E-state index in [4.69, 9.17) is 25.8 Å². The van der Waals surface area contributed by atoms with Crippen LogP contribution in [0.5, 0.6) is 23.0 Å². The minimum Gasteiger partial charge on any atom is -0.492 e. The van der Waals surface area contributed by atoms with Crippen molar-refractivity contribution in [1.29, 1.82) is 0 Å². The Balaban J connectivity index is 1.76. The molecule has 2 aromatic heterocycles. The number of aromatic nitrogens is 3. The summed E-state index contributed by atoms with van der Waals surface area (Å²) >= 11 is 6.29. The summed E-state index contributed by atoms with van der Waals surface area (Å²) < 4.78 is 31.9. The van der Waals surface area contributed by atoms with E-state index in [2.05, 4.69) is 5.10 Å². The summed E-state index contributed by atoms with van der Waals surface area (Å²) in [5.74, 6) is 1.73. The van der Waals surface area contributed by atoms with Gasteiger partial charge in [0.05, 0.1) is 17.8 Å². The number of aryl methyl sites for hydroxylation is 1. The Morgan fingerprint density at radius 1 is 1.00 bits per heavy atom. The molecule has 0 unspecified atom stereocenters. The molecule has 0 spiro atoms. The van der Waals surface area contributed by atoms with E-state index in [1.54, 1.807) is 66.6 Å². The lowest BCUT2D eigenvalue weighted by Crippen LogP contribution is -2.17. The molecule has 33 heavy (non-hydrogen) atoms. The molecule has 0 bridgehead atoms. The van der Waals surface area contributed by atoms with E-state index in [1.807, 2.05) is 13.1 Å². The highest BCUT2D eigenvalue weighted by atomic mass is 35.5. The van der Waals surface area contributed by atoms with Gasteiger partial charge in [-0.3, -0.25) is 14.0 Å².